The first kappa shape index (κ1) is 18.5. The SMILES string of the molecule is COc1ccc(-c2ccc(S(=O)C3(C(N)=O)CCOCC3)cc2)cc1F. The van der Waals surface area contributed by atoms with E-state index in [0.717, 1.165) is 5.56 Å². The fourth-order valence-electron chi connectivity index (χ4n) is 3.07. The number of carbonyl (C=O) groups is 1. The van der Waals surface area contributed by atoms with Crippen molar-refractivity contribution in [2.45, 2.75) is 22.5 Å². The Morgan fingerprint density at radius 3 is 2.31 bits per heavy atom. The van der Waals surface area contributed by atoms with E-state index in [0.29, 0.717) is 36.5 Å². The third-order valence-electron chi connectivity index (χ3n) is 4.66. The lowest BCUT2D eigenvalue weighted by Gasteiger charge is -2.33. The van der Waals surface area contributed by atoms with Gasteiger partial charge in [0.15, 0.2) is 11.6 Å². The molecule has 2 N–H and O–H groups in total. The van der Waals surface area contributed by atoms with Gasteiger partial charge in [-0.15, -0.1) is 0 Å². The summed E-state index contributed by atoms with van der Waals surface area (Å²) in [6.45, 7) is 0.718. The molecule has 138 valence electrons. The van der Waals surface area contributed by atoms with Crippen LogP contribution in [0.2, 0.25) is 0 Å². The highest BCUT2D eigenvalue weighted by Crippen LogP contribution is 2.33. The topological polar surface area (TPSA) is 78.6 Å². The summed E-state index contributed by atoms with van der Waals surface area (Å²) in [5, 5.41) is 0. The van der Waals surface area contributed by atoms with Crippen LogP contribution in [-0.2, 0) is 20.3 Å². The molecule has 1 amide bonds. The fraction of sp³-hybridized carbons (Fsp3) is 0.316. The second-order valence-electron chi connectivity index (χ2n) is 6.11. The molecule has 0 spiro atoms. The first-order valence-electron chi connectivity index (χ1n) is 8.21. The average molecular weight is 377 g/mol. The molecule has 3 rings (SSSR count). The lowest BCUT2D eigenvalue weighted by Crippen LogP contribution is -2.51. The van der Waals surface area contributed by atoms with Crippen molar-refractivity contribution in [3.63, 3.8) is 0 Å². The average Bonchev–Trinajstić information content (AvgIpc) is 2.68. The zero-order chi connectivity index (χ0) is 18.7. The molecular weight excluding hydrogens is 357 g/mol. The zero-order valence-corrected chi connectivity index (χ0v) is 15.2. The first-order valence-corrected chi connectivity index (χ1v) is 9.36. The van der Waals surface area contributed by atoms with E-state index in [2.05, 4.69) is 0 Å². The van der Waals surface area contributed by atoms with Crippen LogP contribution in [0.15, 0.2) is 47.4 Å². The van der Waals surface area contributed by atoms with Crippen molar-refractivity contribution < 1.29 is 22.9 Å². The summed E-state index contributed by atoms with van der Waals surface area (Å²) in [6, 6.07) is 11.6. The van der Waals surface area contributed by atoms with Gasteiger partial charge in [-0.05, 0) is 48.2 Å². The monoisotopic (exact) mass is 377 g/mol. The Kier molecular flexibility index (Phi) is 5.38. The smallest absolute Gasteiger partial charge is 0.236 e. The van der Waals surface area contributed by atoms with E-state index < -0.39 is 27.3 Å². The summed E-state index contributed by atoms with van der Waals surface area (Å²) in [6.07, 6.45) is 0.667. The Labute approximate surface area is 153 Å². The number of hydrogen-bond acceptors (Lipinski definition) is 4. The molecule has 1 aliphatic rings. The Bertz CT molecular complexity index is 832. The van der Waals surface area contributed by atoms with Crippen LogP contribution < -0.4 is 10.5 Å². The number of methoxy groups -OCH3 is 1. The largest absolute Gasteiger partial charge is 0.494 e. The summed E-state index contributed by atoms with van der Waals surface area (Å²) in [4.78, 5) is 12.5. The lowest BCUT2D eigenvalue weighted by atomic mass is 9.98. The van der Waals surface area contributed by atoms with Crippen LogP contribution in [0.25, 0.3) is 11.1 Å². The van der Waals surface area contributed by atoms with Crippen molar-refractivity contribution in [2.24, 2.45) is 5.73 Å². The maximum atomic E-state index is 13.9. The van der Waals surface area contributed by atoms with Crippen molar-refractivity contribution in [2.75, 3.05) is 20.3 Å². The molecule has 1 fully saturated rings. The number of hydrogen-bond donors (Lipinski definition) is 1. The van der Waals surface area contributed by atoms with Gasteiger partial charge in [0.25, 0.3) is 0 Å². The Morgan fingerprint density at radius 2 is 1.77 bits per heavy atom. The van der Waals surface area contributed by atoms with Gasteiger partial charge in [0.1, 0.15) is 4.75 Å². The maximum absolute atomic E-state index is 13.9. The molecule has 1 aliphatic heterocycles. The summed E-state index contributed by atoms with van der Waals surface area (Å²) in [5.41, 5.74) is 7.01. The van der Waals surface area contributed by atoms with Crippen LogP contribution in [0.3, 0.4) is 0 Å². The predicted molar refractivity (Wildman–Crippen MR) is 96.8 cm³/mol. The second kappa shape index (κ2) is 7.55. The van der Waals surface area contributed by atoms with Crippen molar-refractivity contribution in [3.05, 3.63) is 48.3 Å². The van der Waals surface area contributed by atoms with Crippen molar-refractivity contribution in [1.29, 1.82) is 0 Å². The number of carbonyl (C=O) groups excluding carboxylic acids is 1. The maximum Gasteiger partial charge on any atom is 0.236 e. The van der Waals surface area contributed by atoms with Crippen LogP contribution >= 0.6 is 0 Å². The quantitative estimate of drug-likeness (QED) is 0.869. The summed E-state index contributed by atoms with van der Waals surface area (Å²) >= 11 is 0. The Morgan fingerprint density at radius 1 is 1.15 bits per heavy atom. The van der Waals surface area contributed by atoms with Gasteiger partial charge in [-0.25, -0.2) is 4.39 Å². The number of nitrogens with two attached hydrogens (primary N) is 1. The van der Waals surface area contributed by atoms with Gasteiger partial charge in [-0.3, -0.25) is 9.00 Å². The van der Waals surface area contributed by atoms with Gasteiger partial charge >= 0.3 is 0 Å². The van der Waals surface area contributed by atoms with E-state index in [1.165, 1.54) is 13.2 Å². The zero-order valence-electron chi connectivity index (χ0n) is 14.4. The van der Waals surface area contributed by atoms with Crippen molar-refractivity contribution in [3.8, 4) is 16.9 Å². The number of halogens is 1. The Hall–Kier alpha value is -2.25. The highest BCUT2D eigenvalue weighted by molar-refractivity contribution is 7.87. The van der Waals surface area contributed by atoms with Crippen LogP contribution in [0.5, 0.6) is 5.75 Å². The molecule has 0 bridgehead atoms. The van der Waals surface area contributed by atoms with E-state index in [1.54, 1.807) is 36.4 Å². The molecule has 1 unspecified atom stereocenters. The number of ether oxygens (including phenoxy) is 2. The fourth-order valence-corrected chi connectivity index (χ4v) is 4.62. The van der Waals surface area contributed by atoms with Crippen molar-refractivity contribution in [1.82, 2.24) is 0 Å². The molecule has 26 heavy (non-hydrogen) atoms. The number of benzene rings is 2. The van der Waals surface area contributed by atoms with Crippen LogP contribution in [0, 0.1) is 5.82 Å². The van der Waals surface area contributed by atoms with E-state index in [4.69, 9.17) is 15.2 Å². The summed E-state index contributed by atoms with van der Waals surface area (Å²) in [5.74, 6) is -0.845. The van der Waals surface area contributed by atoms with Gasteiger partial charge in [0.2, 0.25) is 5.91 Å². The molecule has 5 nitrogen and oxygen atoms in total. The lowest BCUT2D eigenvalue weighted by molar-refractivity contribution is -0.122. The molecule has 1 saturated heterocycles. The minimum Gasteiger partial charge on any atom is -0.494 e. The molecule has 2 aromatic carbocycles. The van der Waals surface area contributed by atoms with Crippen LogP contribution in [0.4, 0.5) is 4.39 Å². The second-order valence-corrected chi connectivity index (χ2v) is 7.90. The summed E-state index contributed by atoms with van der Waals surface area (Å²) < 4.78 is 36.0. The van der Waals surface area contributed by atoms with Gasteiger partial charge in [-0.2, -0.15) is 0 Å². The van der Waals surface area contributed by atoms with E-state index >= 15 is 0 Å². The third kappa shape index (κ3) is 3.37. The molecule has 1 atom stereocenters. The highest BCUT2D eigenvalue weighted by Gasteiger charge is 2.45. The number of amides is 1. The highest BCUT2D eigenvalue weighted by atomic mass is 32.2. The summed E-state index contributed by atoms with van der Waals surface area (Å²) in [7, 11) is -0.172. The molecule has 0 radical (unpaired) electrons. The van der Waals surface area contributed by atoms with Crippen LogP contribution in [-0.4, -0.2) is 35.2 Å². The van der Waals surface area contributed by atoms with Gasteiger partial charge in [0, 0.05) is 18.1 Å². The first-order chi connectivity index (χ1) is 12.5. The molecule has 7 heteroatoms. The van der Waals surface area contributed by atoms with Crippen LogP contribution in [0.1, 0.15) is 12.8 Å². The minimum atomic E-state index is -1.58. The number of primary amides is 1. The molecule has 0 aromatic heterocycles. The third-order valence-corrected chi connectivity index (χ3v) is 6.68. The van der Waals surface area contributed by atoms with E-state index in [1.807, 2.05) is 0 Å². The van der Waals surface area contributed by atoms with E-state index in [9.17, 15) is 13.4 Å². The minimum absolute atomic E-state index is 0.175. The van der Waals surface area contributed by atoms with Gasteiger partial charge in [-0.1, -0.05) is 18.2 Å². The Balaban J connectivity index is 1.88. The molecule has 0 saturated carbocycles. The van der Waals surface area contributed by atoms with E-state index in [-0.39, 0.29) is 5.75 Å². The molecule has 1 heterocycles. The number of rotatable bonds is 5. The standard InChI is InChI=1S/C19H20FNO4S/c1-24-17-7-4-14(12-16(17)20)13-2-5-15(6-3-13)26(23)19(18(21)22)8-10-25-11-9-19/h2-7,12H,8-11H2,1H3,(H2,21,22). The van der Waals surface area contributed by atoms with Gasteiger partial charge in [0.05, 0.1) is 17.9 Å². The molecule has 2 aromatic rings. The molecule has 0 aliphatic carbocycles. The normalized spacial score (nSPS) is 17.5. The molecular formula is C19H20FNO4S. The van der Waals surface area contributed by atoms with Gasteiger partial charge < -0.3 is 15.2 Å². The van der Waals surface area contributed by atoms with Crippen molar-refractivity contribution >= 4 is 16.7 Å². The predicted octanol–water partition coefficient (Wildman–Crippen LogP) is 2.64.